The van der Waals surface area contributed by atoms with Crippen LogP contribution in [0.3, 0.4) is 0 Å². The fourth-order valence-corrected chi connectivity index (χ4v) is 3.98. The van der Waals surface area contributed by atoms with Crippen molar-refractivity contribution < 1.29 is 13.9 Å². The van der Waals surface area contributed by atoms with Gasteiger partial charge in [-0.15, -0.1) is 0 Å². The summed E-state index contributed by atoms with van der Waals surface area (Å²) < 4.78 is 12.4. The maximum absolute atomic E-state index is 12.6. The van der Waals surface area contributed by atoms with Gasteiger partial charge >= 0.3 is 0 Å². The molecule has 7 heteroatoms. The lowest BCUT2D eigenvalue weighted by Crippen LogP contribution is -2.39. The lowest BCUT2D eigenvalue weighted by atomic mass is 9.97. The van der Waals surface area contributed by atoms with Gasteiger partial charge in [-0.3, -0.25) is 4.79 Å². The van der Waals surface area contributed by atoms with Gasteiger partial charge in [0.05, 0.1) is 13.4 Å². The summed E-state index contributed by atoms with van der Waals surface area (Å²) in [5, 5.41) is 4.73. The van der Waals surface area contributed by atoms with E-state index in [0.717, 1.165) is 47.7 Å². The molecule has 3 aromatic heterocycles. The maximum Gasteiger partial charge on any atom is 0.289 e. The van der Waals surface area contributed by atoms with Crippen LogP contribution in [-0.4, -0.2) is 45.6 Å². The zero-order valence-electron chi connectivity index (χ0n) is 16.7. The van der Waals surface area contributed by atoms with E-state index in [4.69, 9.17) is 19.2 Å². The van der Waals surface area contributed by atoms with Crippen LogP contribution < -0.4 is 4.74 Å². The number of furan rings is 1. The molecule has 0 bridgehead atoms. The summed E-state index contributed by atoms with van der Waals surface area (Å²) in [5.74, 6) is 2.00. The van der Waals surface area contributed by atoms with Gasteiger partial charge in [0.1, 0.15) is 5.75 Å². The molecule has 30 heavy (non-hydrogen) atoms. The van der Waals surface area contributed by atoms with Crippen LogP contribution in [0.4, 0.5) is 0 Å². The van der Waals surface area contributed by atoms with E-state index in [1.807, 2.05) is 52.0 Å². The molecule has 1 aliphatic rings. The van der Waals surface area contributed by atoms with Gasteiger partial charge in [-0.05, 0) is 54.8 Å². The lowest BCUT2D eigenvalue weighted by molar-refractivity contribution is 0.0672. The molecule has 1 atom stereocenters. The molecule has 5 rings (SSSR count). The second-order valence-electron chi connectivity index (χ2n) is 7.49. The van der Waals surface area contributed by atoms with Gasteiger partial charge in [-0.2, -0.15) is 5.10 Å². The Bertz CT molecular complexity index is 1180. The van der Waals surface area contributed by atoms with Gasteiger partial charge in [0.2, 0.25) is 0 Å². The van der Waals surface area contributed by atoms with Gasteiger partial charge in [-0.25, -0.2) is 9.50 Å². The van der Waals surface area contributed by atoms with Gasteiger partial charge in [0, 0.05) is 30.8 Å². The normalized spacial score (nSPS) is 16.7. The average molecular weight is 402 g/mol. The number of piperidine rings is 1. The SMILES string of the molecule is COc1cccc(-c2ccc3nc([C@H]4CCCN(C(=O)c5ccco5)C4)nn3c2)c1. The number of carbonyl (C=O) groups excluding carboxylic acids is 1. The predicted octanol–water partition coefficient (Wildman–Crippen LogP) is 4.02. The number of ether oxygens (including phenoxy) is 1. The standard InChI is InChI=1S/C23H22N4O3/c1-29-19-7-2-5-16(13-19)17-9-10-21-24-22(25-27(21)15-17)18-6-3-11-26(14-18)23(28)20-8-4-12-30-20/h2,4-5,7-10,12-13,15,18H,3,6,11,14H2,1H3/t18-/m0/s1. The lowest BCUT2D eigenvalue weighted by Gasteiger charge is -2.30. The highest BCUT2D eigenvalue weighted by Gasteiger charge is 2.29. The Hall–Kier alpha value is -3.61. The predicted molar refractivity (Wildman–Crippen MR) is 112 cm³/mol. The van der Waals surface area contributed by atoms with E-state index < -0.39 is 0 Å². The molecule has 1 saturated heterocycles. The van der Waals surface area contributed by atoms with E-state index in [-0.39, 0.29) is 11.8 Å². The number of carbonyl (C=O) groups is 1. The van der Waals surface area contributed by atoms with E-state index in [0.29, 0.717) is 12.3 Å². The van der Waals surface area contributed by atoms with Crippen molar-refractivity contribution in [2.24, 2.45) is 0 Å². The number of likely N-dealkylation sites (tertiary alicyclic amines) is 1. The molecule has 7 nitrogen and oxygen atoms in total. The number of methoxy groups -OCH3 is 1. The third-order valence-electron chi connectivity index (χ3n) is 5.56. The molecule has 1 aliphatic heterocycles. The van der Waals surface area contributed by atoms with Crippen molar-refractivity contribution >= 4 is 11.6 Å². The Morgan fingerprint density at radius 3 is 2.93 bits per heavy atom. The molecule has 0 N–H and O–H groups in total. The smallest absolute Gasteiger partial charge is 0.289 e. The molecular weight excluding hydrogens is 380 g/mol. The number of hydrogen-bond donors (Lipinski definition) is 0. The zero-order chi connectivity index (χ0) is 20.5. The van der Waals surface area contributed by atoms with Crippen molar-refractivity contribution in [3.8, 4) is 16.9 Å². The van der Waals surface area contributed by atoms with Crippen LogP contribution in [0.5, 0.6) is 5.75 Å². The summed E-state index contributed by atoms with van der Waals surface area (Å²) in [7, 11) is 1.66. The molecule has 0 aliphatic carbocycles. The minimum atomic E-state index is -0.0752. The number of aromatic nitrogens is 3. The van der Waals surface area contributed by atoms with Crippen molar-refractivity contribution in [1.29, 1.82) is 0 Å². The fourth-order valence-electron chi connectivity index (χ4n) is 3.98. The van der Waals surface area contributed by atoms with E-state index in [9.17, 15) is 4.79 Å². The van der Waals surface area contributed by atoms with E-state index in [1.165, 1.54) is 6.26 Å². The number of hydrogen-bond acceptors (Lipinski definition) is 5. The topological polar surface area (TPSA) is 72.9 Å². The highest BCUT2D eigenvalue weighted by molar-refractivity contribution is 5.91. The van der Waals surface area contributed by atoms with Crippen LogP contribution in [0.15, 0.2) is 65.4 Å². The molecule has 0 radical (unpaired) electrons. The maximum atomic E-state index is 12.6. The average Bonchev–Trinajstić information content (AvgIpc) is 3.48. The van der Waals surface area contributed by atoms with Gasteiger partial charge in [0.15, 0.2) is 17.2 Å². The van der Waals surface area contributed by atoms with E-state index >= 15 is 0 Å². The van der Waals surface area contributed by atoms with Crippen molar-refractivity contribution in [2.75, 3.05) is 20.2 Å². The molecule has 152 valence electrons. The first-order valence-corrected chi connectivity index (χ1v) is 10.0. The van der Waals surface area contributed by atoms with Gasteiger partial charge < -0.3 is 14.1 Å². The Morgan fingerprint density at radius 2 is 2.10 bits per heavy atom. The van der Waals surface area contributed by atoms with Crippen molar-refractivity contribution in [3.05, 3.63) is 72.6 Å². The van der Waals surface area contributed by atoms with Crippen molar-refractivity contribution in [2.45, 2.75) is 18.8 Å². The Labute approximate surface area is 173 Å². The van der Waals surface area contributed by atoms with Gasteiger partial charge in [0.25, 0.3) is 5.91 Å². The quantitative estimate of drug-likeness (QED) is 0.516. The zero-order valence-corrected chi connectivity index (χ0v) is 16.7. The monoisotopic (exact) mass is 402 g/mol. The highest BCUT2D eigenvalue weighted by atomic mass is 16.5. The summed E-state index contributed by atoms with van der Waals surface area (Å²) in [4.78, 5) is 19.2. The Kier molecular flexibility index (Phi) is 4.71. The Morgan fingerprint density at radius 1 is 1.17 bits per heavy atom. The van der Waals surface area contributed by atoms with Crippen LogP contribution in [0.2, 0.25) is 0 Å². The highest BCUT2D eigenvalue weighted by Crippen LogP contribution is 2.28. The molecule has 1 fully saturated rings. The number of pyridine rings is 1. The minimum absolute atomic E-state index is 0.0752. The number of benzene rings is 1. The fraction of sp³-hybridized carbons (Fsp3) is 0.261. The van der Waals surface area contributed by atoms with Crippen LogP contribution in [0, 0.1) is 0 Å². The molecule has 0 saturated carbocycles. The summed E-state index contributed by atoms with van der Waals surface area (Å²) >= 11 is 0. The third-order valence-corrected chi connectivity index (χ3v) is 5.56. The van der Waals surface area contributed by atoms with E-state index in [2.05, 4.69) is 0 Å². The van der Waals surface area contributed by atoms with Crippen LogP contribution in [-0.2, 0) is 0 Å². The van der Waals surface area contributed by atoms with Crippen LogP contribution >= 0.6 is 0 Å². The first-order valence-electron chi connectivity index (χ1n) is 10.0. The minimum Gasteiger partial charge on any atom is -0.497 e. The summed E-state index contributed by atoms with van der Waals surface area (Å²) in [6, 6.07) is 15.4. The second kappa shape index (κ2) is 7.67. The van der Waals surface area contributed by atoms with Crippen molar-refractivity contribution in [3.63, 3.8) is 0 Å². The molecular formula is C23H22N4O3. The second-order valence-corrected chi connectivity index (χ2v) is 7.49. The summed E-state index contributed by atoms with van der Waals surface area (Å²) in [6.45, 7) is 1.32. The van der Waals surface area contributed by atoms with Crippen molar-refractivity contribution in [1.82, 2.24) is 19.5 Å². The largest absolute Gasteiger partial charge is 0.497 e. The van der Waals surface area contributed by atoms with Crippen LogP contribution in [0.25, 0.3) is 16.8 Å². The summed E-state index contributed by atoms with van der Waals surface area (Å²) in [6.07, 6.45) is 5.39. The molecule has 4 heterocycles. The molecule has 0 spiro atoms. The van der Waals surface area contributed by atoms with E-state index in [1.54, 1.807) is 19.2 Å². The van der Waals surface area contributed by atoms with Gasteiger partial charge in [-0.1, -0.05) is 12.1 Å². The number of nitrogens with zero attached hydrogens (tertiary/aromatic N) is 4. The number of amides is 1. The number of fused-ring (bicyclic) bond motifs is 1. The molecule has 0 unspecified atom stereocenters. The third kappa shape index (κ3) is 3.43. The first-order chi connectivity index (χ1) is 14.7. The number of rotatable bonds is 4. The summed E-state index contributed by atoms with van der Waals surface area (Å²) in [5.41, 5.74) is 2.89. The van der Waals surface area contributed by atoms with Crippen LogP contribution in [0.1, 0.15) is 35.1 Å². The Balaban J connectivity index is 1.40. The molecule has 1 aromatic carbocycles. The first kappa shape index (κ1) is 18.4. The molecule has 4 aromatic rings. The molecule has 1 amide bonds.